The van der Waals surface area contributed by atoms with Crippen molar-refractivity contribution >= 4 is 5.97 Å². The van der Waals surface area contributed by atoms with Gasteiger partial charge in [0, 0.05) is 13.1 Å². The molecule has 2 aliphatic rings. The summed E-state index contributed by atoms with van der Waals surface area (Å²) in [5.41, 5.74) is 0. The molecule has 3 heterocycles. The Balaban J connectivity index is 1.25. The average molecular weight is 415 g/mol. The Labute approximate surface area is 174 Å². The van der Waals surface area contributed by atoms with E-state index in [2.05, 4.69) is 9.97 Å². The number of hydrogen-bond acceptors (Lipinski definition) is 9. The quantitative estimate of drug-likeness (QED) is 0.598. The Kier molecular flexibility index (Phi) is 6.48. The summed E-state index contributed by atoms with van der Waals surface area (Å²) in [7, 11) is 0. The highest BCUT2D eigenvalue weighted by atomic mass is 16.6. The Hall–Kier alpha value is -3.07. The molecule has 1 aromatic carbocycles. The molecule has 0 amide bonds. The molecule has 0 bridgehead atoms. The van der Waals surface area contributed by atoms with Gasteiger partial charge in [-0.1, -0.05) is 12.1 Å². The van der Waals surface area contributed by atoms with E-state index < -0.39 is 0 Å². The number of carbonyl (C=O) groups excluding carboxylic acids is 1. The van der Waals surface area contributed by atoms with Crippen LogP contribution in [0.1, 0.15) is 13.3 Å². The van der Waals surface area contributed by atoms with Gasteiger partial charge in [-0.15, -0.1) is 0 Å². The maximum Gasteiger partial charge on any atom is 0.320 e. The van der Waals surface area contributed by atoms with Crippen molar-refractivity contribution in [2.75, 3.05) is 39.5 Å². The molecule has 30 heavy (non-hydrogen) atoms. The second-order valence-corrected chi connectivity index (χ2v) is 7.07. The Morgan fingerprint density at radius 1 is 1.23 bits per heavy atom. The Bertz CT molecular complexity index is 864. The van der Waals surface area contributed by atoms with Crippen LogP contribution < -0.4 is 18.9 Å². The summed E-state index contributed by atoms with van der Waals surface area (Å²) in [5, 5.41) is 0. The van der Waals surface area contributed by atoms with Crippen LogP contribution >= 0.6 is 0 Å². The first-order valence-electron chi connectivity index (χ1n) is 10.1. The number of para-hydroxylation sites is 2. The lowest BCUT2D eigenvalue weighted by atomic mass is 10.3. The van der Waals surface area contributed by atoms with Gasteiger partial charge in [0.25, 0.3) is 0 Å². The van der Waals surface area contributed by atoms with Crippen molar-refractivity contribution < 1.29 is 28.5 Å². The number of ether oxygens (including phenoxy) is 5. The zero-order chi connectivity index (χ0) is 20.8. The first kappa shape index (κ1) is 20.2. The maximum absolute atomic E-state index is 11.6. The van der Waals surface area contributed by atoms with E-state index in [0.29, 0.717) is 37.3 Å². The van der Waals surface area contributed by atoms with Gasteiger partial charge in [-0.3, -0.25) is 14.7 Å². The second kappa shape index (κ2) is 9.62. The monoisotopic (exact) mass is 415 g/mol. The van der Waals surface area contributed by atoms with E-state index in [1.54, 1.807) is 13.1 Å². The van der Waals surface area contributed by atoms with Gasteiger partial charge in [0.2, 0.25) is 11.8 Å². The summed E-state index contributed by atoms with van der Waals surface area (Å²) in [6, 6.07) is 7.54. The van der Waals surface area contributed by atoms with E-state index >= 15 is 0 Å². The number of likely N-dealkylation sites (tertiary alicyclic amines) is 1. The molecule has 0 radical (unpaired) electrons. The van der Waals surface area contributed by atoms with Gasteiger partial charge in [0.05, 0.1) is 25.5 Å². The minimum atomic E-state index is -0.238. The highest BCUT2D eigenvalue weighted by molar-refractivity contribution is 5.71. The van der Waals surface area contributed by atoms with E-state index in [-0.39, 0.29) is 31.3 Å². The van der Waals surface area contributed by atoms with Gasteiger partial charge in [0.1, 0.15) is 19.3 Å². The van der Waals surface area contributed by atoms with Gasteiger partial charge >= 0.3 is 5.97 Å². The van der Waals surface area contributed by atoms with Crippen LogP contribution in [0.4, 0.5) is 0 Å². The number of esters is 1. The standard InChI is InChI=1S/C21H25N3O6/c1-2-26-21(25)12-24-8-7-15(11-24)30-20-10-22-9-19(23-20)28-14-16-13-27-17-5-3-4-6-18(17)29-16/h3-6,9-10,15-16H,2,7-8,11-14H2,1H3. The average Bonchev–Trinajstić information content (AvgIpc) is 3.19. The largest absolute Gasteiger partial charge is 0.486 e. The van der Waals surface area contributed by atoms with Gasteiger partial charge in [-0.05, 0) is 25.5 Å². The molecule has 1 aromatic heterocycles. The molecule has 2 aromatic rings. The van der Waals surface area contributed by atoms with Crippen molar-refractivity contribution in [1.29, 1.82) is 0 Å². The predicted octanol–water partition coefficient (Wildman–Crippen LogP) is 1.71. The second-order valence-electron chi connectivity index (χ2n) is 7.07. The molecule has 0 N–H and O–H groups in total. The van der Waals surface area contributed by atoms with Crippen molar-refractivity contribution in [3.63, 3.8) is 0 Å². The lowest BCUT2D eigenvalue weighted by Gasteiger charge is -2.26. The van der Waals surface area contributed by atoms with Crippen LogP contribution in [0.25, 0.3) is 0 Å². The lowest BCUT2D eigenvalue weighted by Crippen LogP contribution is -2.34. The minimum absolute atomic E-state index is 0.0597. The number of benzene rings is 1. The third kappa shape index (κ3) is 5.29. The first-order chi connectivity index (χ1) is 14.7. The zero-order valence-corrected chi connectivity index (χ0v) is 16.9. The van der Waals surface area contributed by atoms with E-state index in [1.807, 2.05) is 29.2 Å². The molecule has 4 rings (SSSR count). The highest BCUT2D eigenvalue weighted by Gasteiger charge is 2.26. The summed E-state index contributed by atoms with van der Waals surface area (Å²) >= 11 is 0. The van der Waals surface area contributed by atoms with Crippen LogP contribution in [0.2, 0.25) is 0 Å². The zero-order valence-electron chi connectivity index (χ0n) is 16.9. The number of carbonyl (C=O) groups is 1. The molecular weight excluding hydrogens is 390 g/mol. The van der Waals surface area contributed by atoms with Crippen LogP contribution in [0, 0.1) is 0 Å². The van der Waals surface area contributed by atoms with Crippen molar-refractivity contribution in [3.05, 3.63) is 36.7 Å². The molecular formula is C21H25N3O6. The number of nitrogens with zero attached hydrogens (tertiary/aromatic N) is 3. The van der Waals surface area contributed by atoms with Gasteiger partial charge in [-0.2, -0.15) is 4.98 Å². The summed E-state index contributed by atoms with van der Waals surface area (Å²) in [5.74, 6) is 1.97. The molecule has 160 valence electrons. The first-order valence-corrected chi connectivity index (χ1v) is 10.1. The molecule has 2 atom stereocenters. The summed E-state index contributed by atoms with van der Waals surface area (Å²) in [6.07, 6.45) is 3.59. The number of fused-ring (bicyclic) bond motifs is 1. The van der Waals surface area contributed by atoms with Crippen molar-refractivity contribution in [1.82, 2.24) is 14.9 Å². The molecule has 2 aliphatic heterocycles. The molecule has 0 spiro atoms. The molecule has 0 saturated carbocycles. The number of rotatable bonds is 8. The smallest absolute Gasteiger partial charge is 0.320 e. The molecule has 9 nitrogen and oxygen atoms in total. The fourth-order valence-electron chi connectivity index (χ4n) is 3.38. The normalized spacial score (nSPS) is 20.6. The third-order valence-corrected chi connectivity index (χ3v) is 4.75. The fraction of sp³-hybridized carbons (Fsp3) is 0.476. The van der Waals surface area contributed by atoms with Crippen LogP contribution in [-0.4, -0.2) is 72.5 Å². The predicted molar refractivity (Wildman–Crippen MR) is 106 cm³/mol. The van der Waals surface area contributed by atoms with Crippen LogP contribution in [-0.2, 0) is 9.53 Å². The Morgan fingerprint density at radius 2 is 2.07 bits per heavy atom. The number of aromatic nitrogens is 2. The van der Waals surface area contributed by atoms with Gasteiger partial charge < -0.3 is 23.7 Å². The highest BCUT2D eigenvalue weighted by Crippen LogP contribution is 2.31. The van der Waals surface area contributed by atoms with Crippen LogP contribution in [0.5, 0.6) is 23.3 Å². The Morgan fingerprint density at radius 3 is 2.93 bits per heavy atom. The van der Waals surface area contributed by atoms with Crippen LogP contribution in [0.15, 0.2) is 36.7 Å². The third-order valence-electron chi connectivity index (χ3n) is 4.75. The molecule has 2 unspecified atom stereocenters. The lowest BCUT2D eigenvalue weighted by molar-refractivity contribution is -0.144. The number of hydrogen-bond donors (Lipinski definition) is 0. The summed E-state index contributed by atoms with van der Waals surface area (Å²) in [4.78, 5) is 22.1. The van der Waals surface area contributed by atoms with Gasteiger partial charge in [-0.25, -0.2) is 0 Å². The van der Waals surface area contributed by atoms with E-state index in [0.717, 1.165) is 18.7 Å². The summed E-state index contributed by atoms with van der Waals surface area (Å²) in [6.45, 7) is 4.55. The van der Waals surface area contributed by atoms with Gasteiger partial charge in [0.15, 0.2) is 17.6 Å². The van der Waals surface area contributed by atoms with Crippen molar-refractivity contribution in [2.24, 2.45) is 0 Å². The van der Waals surface area contributed by atoms with E-state index in [4.69, 9.17) is 23.7 Å². The van der Waals surface area contributed by atoms with E-state index in [1.165, 1.54) is 6.20 Å². The molecule has 0 aliphatic carbocycles. The van der Waals surface area contributed by atoms with E-state index in [9.17, 15) is 4.79 Å². The fourth-order valence-corrected chi connectivity index (χ4v) is 3.38. The molecule has 1 fully saturated rings. The molecule has 1 saturated heterocycles. The summed E-state index contributed by atoms with van der Waals surface area (Å²) < 4.78 is 28.2. The van der Waals surface area contributed by atoms with Crippen molar-refractivity contribution in [3.8, 4) is 23.3 Å². The topological polar surface area (TPSA) is 92.2 Å². The minimum Gasteiger partial charge on any atom is -0.486 e. The maximum atomic E-state index is 11.6. The van der Waals surface area contributed by atoms with Crippen molar-refractivity contribution in [2.45, 2.75) is 25.6 Å². The molecule has 9 heteroatoms. The van der Waals surface area contributed by atoms with Crippen LogP contribution in [0.3, 0.4) is 0 Å². The SMILES string of the molecule is CCOC(=O)CN1CCC(Oc2cncc(OCC3COc4ccccc4O3)n2)C1.